The number of rotatable bonds is 6. The molecule has 0 saturated heterocycles. The first-order valence-corrected chi connectivity index (χ1v) is 8.56. The number of nitrogens with zero attached hydrogens (tertiary/aromatic N) is 2. The average Bonchev–Trinajstić information content (AvgIpc) is 2.64. The molecule has 0 fully saturated rings. The van der Waals surface area contributed by atoms with E-state index in [1.165, 1.54) is 0 Å². The van der Waals surface area contributed by atoms with Gasteiger partial charge in [-0.15, -0.1) is 6.42 Å². The minimum absolute atomic E-state index is 0.321. The van der Waals surface area contributed by atoms with Gasteiger partial charge in [-0.2, -0.15) is 9.97 Å². The molecular weight excluding hydrogens is 326 g/mol. The molecule has 1 N–H and O–H groups in total. The van der Waals surface area contributed by atoms with Gasteiger partial charge < -0.3 is 14.8 Å². The number of nitrogens with one attached hydrogen (secondary N) is 1. The third-order valence-electron chi connectivity index (χ3n) is 3.90. The van der Waals surface area contributed by atoms with Crippen LogP contribution in [-0.4, -0.2) is 23.2 Å². The lowest BCUT2D eigenvalue weighted by molar-refractivity contribution is 0.314. The lowest BCUT2D eigenvalue weighted by Gasteiger charge is -2.15. The molecule has 0 saturated carbocycles. The Kier molecular flexibility index (Phi) is 5.23. The second-order valence-electron chi connectivity index (χ2n) is 5.67. The van der Waals surface area contributed by atoms with Crippen LogP contribution in [0.15, 0.2) is 36.4 Å². The van der Waals surface area contributed by atoms with Gasteiger partial charge in [0.2, 0.25) is 0 Å². The zero-order valence-electron chi connectivity index (χ0n) is 15.2. The Morgan fingerprint density at radius 3 is 2.62 bits per heavy atom. The van der Waals surface area contributed by atoms with E-state index in [1.54, 1.807) is 0 Å². The van der Waals surface area contributed by atoms with Crippen molar-refractivity contribution in [3.8, 4) is 24.1 Å². The highest BCUT2D eigenvalue weighted by atomic mass is 16.5. The van der Waals surface area contributed by atoms with E-state index >= 15 is 0 Å². The van der Waals surface area contributed by atoms with Gasteiger partial charge in [0.05, 0.1) is 24.1 Å². The zero-order chi connectivity index (χ0) is 18.5. The van der Waals surface area contributed by atoms with Crippen LogP contribution < -0.4 is 14.8 Å². The molecule has 3 aromatic rings. The molecule has 0 spiro atoms. The van der Waals surface area contributed by atoms with E-state index in [-0.39, 0.29) is 0 Å². The molecule has 0 unspecified atom stereocenters. The molecule has 5 nitrogen and oxygen atoms in total. The fraction of sp³-hybridized carbons (Fsp3) is 0.238. The highest BCUT2D eigenvalue weighted by Gasteiger charge is 2.14. The lowest BCUT2D eigenvalue weighted by Crippen LogP contribution is -2.04. The van der Waals surface area contributed by atoms with Crippen LogP contribution in [-0.2, 0) is 0 Å². The largest absolute Gasteiger partial charge is 0.493 e. The molecular formula is C21H21N3O2. The summed E-state index contributed by atoms with van der Waals surface area (Å²) in [6.45, 7) is 6.90. The van der Waals surface area contributed by atoms with Crippen molar-refractivity contribution < 1.29 is 9.47 Å². The summed E-state index contributed by atoms with van der Waals surface area (Å²) in [6, 6.07) is 11.9. The first-order chi connectivity index (χ1) is 12.7. The van der Waals surface area contributed by atoms with Gasteiger partial charge in [0.15, 0.2) is 0 Å². The molecule has 132 valence electrons. The Hall–Kier alpha value is -3.26. The first-order valence-electron chi connectivity index (χ1n) is 8.56. The van der Waals surface area contributed by atoms with Crippen LogP contribution in [0.4, 0.5) is 11.5 Å². The molecule has 1 aromatic heterocycles. The van der Waals surface area contributed by atoms with E-state index in [0.29, 0.717) is 25.0 Å². The normalized spacial score (nSPS) is 10.4. The summed E-state index contributed by atoms with van der Waals surface area (Å²) in [5.74, 6) is 4.01. The maximum atomic E-state index is 5.78. The van der Waals surface area contributed by atoms with Crippen molar-refractivity contribution >= 4 is 22.4 Å². The fourth-order valence-electron chi connectivity index (χ4n) is 2.66. The van der Waals surface area contributed by atoms with E-state index in [2.05, 4.69) is 21.2 Å². The topological polar surface area (TPSA) is 56.3 Å². The third-order valence-corrected chi connectivity index (χ3v) is 3.90. The Morgan fingerprint density at radius 1 is 1.08 bits per heavy atom. The van der Waals surface area contributed by atoms with Gasteiger partial charge in [-0.1, -0.05) is 18.1 Å². The van der Waals surface area contributed by atoms with Gasteiger partial charge in [-0.3, -0.25) is 0 Å². The molecule has 0 radical (unpaired) electrons. The quantitative estimate of drug-likeness (QED) is 0.667. The number of hydrogen-bond donors (Lipinski definition) is 1. The molecule has 2 aromatic carbocycles. The molecule has 1 heterocycles. The maximum Gasteiger partial charge on any atom is 0.318 e. The Labute approximate surface area is 153 Å². The van der Waals surface area contributed by atoms with Gasteiger partial charge in [-0.25, -0.2) is 0 Å². The zero-order valence-corrected chi connectivity index (χ0v) is 15.2. The summed E-state index contributed by atoms with van der Waals surface area (Å²) in [5.41, 5.74) is 3.49. The van der Waals surface area contributed by atoms with Crippen molar-refractivity contribution in [1.82, 2.24) is 9.97 Å². The summed E-state index contributed by atoms with van der Waals surface area (Å²) >= 11 is 0. The van der Waals surface area contributed by atoms with Crippen molar-refractivity contribution in [3.05, 3.63) is 47.5 Å². The highest BCUT2D eigenvalue weighted by Crippen LogP contribution is 2.34. The second-order valence-corrected chi connectivity index (χ2v) is 5.67. The Morgan fingerprint density at radius 2 is 1.88 bits per heavy atom. The first kappa shape index (κ1) is 17.6. The van der Waals surface area contributed by atoms with Crippen LogP contribution in [0.3, 0.4) is 0 Å². The van der Waals surface area contributed by atoms with E-state index in [9.17, 15) is 0 Å². The predicted octanol–water partition coefficient (Wildman–Crippen LogP) is 4.46. The smallest absolute Gasteiger partial charge is 0.318 e. The molecule has 26 heavy (non-hydrogen) atoms. The summed E-state index contributed by atoms with van der Waals surface area (Å²) in [7, 11) is 0. The minimum Gasteiger partial charge on any atom is -0.493 e. The van der Waals surface area contributed by atoms with E-state index < -0.39 is 0 Å². The summed E-state index contributed by atoms with van der Waals surface area (Å²) < 4.78 is 11.3. The highest BCUT2D eigenvalue weighted by molar-refractivity contribution is 5.96. The van der Waals surface area contributed by atoms with Gasteiger partial charge in [0, 0.05) is 11.3 Å². The van der Waals surface area contributed by atoms with Crippen LogP contribution in [0.25, 0.3) is 10.9 Å². The van der Waals surface area contributed by atoms with Crippen molar-refractivity contribution in [3.63, 3.8) is 0 Å². The Bertz CT molecular complexity index is 977. The molecule has 0 aliphatic heterocycles. The number of aryl methyl sites for hydroxylation is 1. The summed E-state index contributed by atoms with van der Waals surface area (Å²) in [5, 5.41) is 4.19. The van der Waals surface area contributed by atoms with Crippen LogP contribution in [0.5, 0.6) is 11.8 Å². The van der Waals surface area contributed by atoms with Crippen LogP contribution >= 0.6 is 0 Å². The Balaban J connectivity index is 2.18. The number of benzene rings is 2. The average molecular weight is 347 g/mol. The number of anilines is 2. The number of aromatic nitrogens is 2. The van der Waals surface area contributed by atoms with Crippen LogP contribution in [0, 0.1) is 19.3 Å². The van der Waals surface area contributed by atoms with Gasteiger partial charge in [0.1, 0.15) is 11.6 Å². The second kappa shape index (κ2) is 7.75. The molecule has 0 atom stereocenters. The van der Waals surface area contributed by atoms with Crippen molar-refractivity contribution in [2.75, 3.05) is 18.5 Å². The van der Waals surface area contributed by atoms with E-state index in [4.69, 9.17) is 15.9 Å². The fourth-order valence-corrected chi connectivity index (χ4v) is 2.66. The molecule has 3 rings (SSSR count). The van der Waals surface area contributed by atoms with E-state index in [1.807, 2.05) is 57.2 Å². The third kappa shape index (κ3) is 3.55. The summed E-state index contributed by atoms with van der Waals surface area (Å²) in [4.78, 5) is 9.03. The predicted molar refractivity (Wildman–Crippen MR) is 104 cm³/mol. The molecule has 5 heteroatoms. The molecule has 0 amide bonds. The number of ether oxygens (including phenoxy) is 2. The van der Waals surface area contributed by atoms with Gasteiger partial charge >= 0.3 is 6.01 Å². The van der Waals surface area contributed by atoms with Crippen molar-refractivity contribution in [2.24, 2.45) is 0 Å². The monoisotopic (exact) mass is 347 g/mol. The van der Waals surface area contributed by atoms with E-state index in [0.717, 1.165) is 33.5 Å². The molecule has 0 bridgehead atoms. The molecule has 0 aliphatic carbocycles. The summed E-state index contributed by atoms with van der Waals surface area (Å²) in [6.07, 6.45) is 5.54. The van der Waals surface area contributed by atoms with Crippen LogP contribution in [0.2, 0.25) is 0 Å². The number of fused-ring (bicyclic) bond motifs is 1. The standard InChI is InChI=1S/C21H21N3O2/c1-5-15-12-11-14(4)17(13-15)22-20-19-16(23-21(24-20)26-7-3)9-8-10-18(19)25-6-2/h1,8-13H,6-7H2,2-4H3,(H,22,23,24). The SMILES string of the molecule is C#Cc1ccc(C)c(Nc2nc(OCC)nc3cccc(OCC)c23)c1. The van der Waals surface area contributed by atoms with Gasteiger partial charge in [0.25, 0.3) is 0 Å². The van der Waals surface area contributed by atoms with Gasteiger partial charge in [-0.05, 0) is 50.6 Å². The number of terminal acetylenes is 1. The lowest BCUT2D eigenvalue weighted by atomic mass is 10.1. The minimum atomic E-state index is 0.321. The van der Waals surface area contributed by atoms with Crippen LogP contribution in [0.1, 0.15) is 25.0 Å². The van der Waals surface area contributed by atoms with Crippen molar-refractivity contribution in [1.29, 1.82) is 0 Å². The molecule has 0 aliphatic rings. The number of hydrogen-bond acceptors (Lipinski definition) is 5. The maximum absolute atomic E-state index is 5.78. The van der Waals surface area contributed by atoms with Crippen molar-refractivity contribution in [2.45, 2.75) is 20.8 Å².